The van der Waals surface area contributed by atoms with Crippen molar-refractivity contribution in [1.82, 2.24) is 0 Å². The standard InChI is InChI=1S/C11H20O2/c1-4-6-7-10(5-2)8-9(3)11(12)13/h10H,3-8H2,1-2H3,(H,12,13)/t10-/m1/s1. The highest BCUT2D eigenvalue weighted by molar-refractivity contribution is 5.85. The molecule has 76 valence electrons. The molecule has 0 spiro atoms. The molecule has 0 aromatic rings. The summed E-state index contributed by atoms with van der Waals surface area (Å²) in [5.41, 5.74) is 0.350. The lowest BCUT2D eigenvalue weighted by Crippen LogP contribution is -2.06. The fourth-order valence-corrected chi connectivity index (χ4v) is 1.38. The second-order valence-corrected chi connectivity index (χ2v) is 3.53. The van der Waals surface area contributed by atoms with E-state index in [1.54, 1.807) is 0 Å². The minimum Gasteiger partial charge on any atom is -0.478 e. The van der Waals surface area contributed by atoms with Crippen LogP contribution in [-0.2, 0) is 4.79 Å². The summed E-state index contributed by atoms with van der Waals surface area (Å²) >= 11 is 0. The Hall–Kier alpha value is -0.790. The highest BCUT2D eigenvalue weighted by Crippen LogP contribution is 2.20. The van der Waals surface area contributed by atoms with Crippen LogP contribution in [0, 0.1) is 5.92 Å². The van der Waals surface area contributed by atoms with Gasteiger partial charge in [0.2, 0.25) is 0 Å². The summed E-state index contributed by atoms with van der Waals surface area (Å²) in [6.07, 6.45) is 5.18. The SMILES string of the molecule is C=C(C[C@H](CC)CCCC)C(=O)O. The number of aliphatic carboxylic acids is 1. The summed E-state index contributed by atoms with van der Waals surface area (Å²) in [7, 11) is 0. The zero-order chi connectivity index (χ0) is 10.3. The van der Waals surface area contributed by atoms with E-state index in [-0.39, 0.29) is 0 Å². The third kappa shape index (κ3) is 5.45. The minimum absolute atomic E-state index is 0.350. The Labute approximate surface area is 80.7 Å². The van der Waals surface area contributed by atoms with Crippen molar-refractivity contribution >= 4 is 5.97 Å². The summed E-state index contributed by atoms with van der Waals surface area (Å²) in [5.74, 6) is -0.349. The lowest BCUT2D eigenvalue weighted by molar-refractivity contribution is -0.132. The second kappa shape index (κ2) is 6.70. The van der Waals surface area contributed by atoms with Crippen LogP contribution < -0.4 is 0 Å². The number of carbonyl (C=O) groups is 1. The Kier molecular flexibility index (Phi) is 6.29. The van der Waals surface area contributed by atoms with Crippen LogP contribution in [0.1, 0.15) is 46.0 Å². The predicted octanol–water partition coefficient (Wildman–Crippen LogP) is 3.23. The molecule has 0 aliphatic heterocycles. The summed E-state index contributed by atoms with van der Waals surface area (Å²) < 4.78 is 0. The molecule has 0 aromatic heterocycles. The molecule has 0 aliphatic carbocycles. The molecule has 0 aromatic carbocycles. The largest absolute Gasteiger partial charge is 0.478 e. The van der Waals surface area contributed by atoms with Crippen LogP contribution in [-0.4, -0.2) is 11.1 Å². The number of rotatable bonds is 7. The van der Waals surface area contributed by atoms with Crippen molar-refractivity contribution in [3.8, 4) is 0 Å². The zero-order valence-corrected chi connectivity index (χ0v) is 8.68. The van der Waals surface area contributed by atoms with Gasteiger partial charge >= 0.3 is 5.97 Å². The number of hydrogen-bond acceptors (Lipinski definition) is 1. The van der Waals surface area contributed by atoms with Gasteiger partial charge in [-0.2, -0.15) is 0 Å². The van der Waals surface area contributed by atoms with Crippen LogP contribution in [0.25, 0.3) is 0 Å². The Morgan fingerprint density at radius 2 is 2.08 bits per heavy atom. The van der Waals surface area contributed by atoms with Crippen LogP contribution in [0.2, 0.25) is 0 Å². The van der Waals surface area contributed by atoms with E-state index in [0.717, 1.165) is 12.8 Å². The maximum Gasteiger partial charge on any atom is 0.330 e. The van der Waals surface area contributed by atoms with Gasteiger partial charge in [-0.05, 0) is 12.3 Å². The lowest BCUT2D eigenvalue weighted by atomic mass is 9.92. The van der Waals surface area contributed by atoms with E-state index in [9.17, 15) is 4.79 Å². The normalized spacial score (nSPS) is 12.5. The smallest absolute Gasteiger partial charge is 0.330 e. The molecule has 1 N–H and O–H groups in total. The van der Waals surface area contributed by atoms with Gasteiger partial charge in [-0.25, -0.2) is 4.79 Å². The minimum atomic E-state index is -0.852. The van der Waals surface area contributed by atoms with Gasteiger partial charge in [0.1, 0.15) is 0 Å². The average molecular weight is 184 g/mol. The van der Waals surface area contributed by atoms with Crippen molar-refractivity contribution in [2.45, 2.75) is 46.0 Å². The molecular formula is C11H20O2. The Balaban J connectivity index is 3.83. The molecule has 0 rings (SSSR count). The van der Waals surface area contributed by atoms with E-state index in [1.807, 2.05) is 0 Å². The number of carboxylic acid groups (broad SMARTS) is 1. The molecule has 2 nitrogen and oxygen atoms in total. The Bertz CT molecular complexity index is 173. The summed E-state index contributed by atoms with van der Waals surface area (Å²) in [6.45, 7) is 7.81. The first-order chi connectivity index (χ1) is 6.11. The quantitative estimate of drug-likeness (QED) is 0.617. The molecule has 1 atom stereocenters. The molecule has 0 radical (unpaired) electrons. The second-order valence-electron chi connectivity index (χ2n) is 3.53. The van der Waals surface area contributed by atoms with Crippen molar-refractivity contribution in [2.75, 3.05) is 0 Å². The highest BCUT2D eigenvalue weighted by atomic mass is 16.4. The van der Waals surface area contributed by atoms with Crippen LogP contribution in [0.4, 0.5) is 0 Å². The van der Waals surface area contributed by atoms with E-state index in [4.69, 9.17) is 5.11 Å². The van der Waals surface area contributed by atoms with E-state index < -0.39 is 5.97 Å². The maximum absolute atomic E-state index is 10.5. The van der Waals surface area contributed by atoms with Gasteiger partial charge in [0.15, 0.2) is 0 Å². The van der Waals surface area contributed by atoms with Crippen molar-refractivity contribution in [3.05, 3.63) is 12.2 Å². The molecule has 2 heteroatoms. The van der Waals surface area contributed by atoms with Gasteiger partial charge in [-0.1, -0.05) is 46.1 Å². The molecule has 0 saturated carbocycles. The third-order valence-corrected chi connectivity index (χ3v) is 2.38. The molecule has 0 saturated heterocycles. The van der Waals surface area contributed by atoms with Gasteiger partial charge in [-0.15, -0.1) is 0 Å². The molecule has 0 heterocycles. The van der Waals surface area contributed by atoms with E-state index in [2.05, 4.69) is 20.4 Å². The summed E-state index contributed by atoms with van der Waals surface area (Å²) in [4.78, 5) is 10.5. The monoisotopic (exact) mass is 184 g/mol. The first-order valence-corrected chi connectivity index (χ1v) is 5.02. The average Bonchev–Trinajstić information content (AvgIpc) is 2.11. The van der Waals surface area contributed by atoms with Gasteiger partial charge in [0, 0.05) is 5.57 Å². The van der Waals surface area contributed by atoms with E-state index >= 15 is 0 Å². The molecule has 0 amide bonds. The van der Waals surface area contributed by atoms with Gasteiger partial charge in [0.05, 0.1) is 0 Å². The van der Waals surface area contributed by atoms with Crippen LogP contribution >= 0.6 is 0 Å². The Morgan fingerprint density at radius 3 is 2.46 bits per heavy atom. The Morgan fingerprint density at radius 1 is 1.46 bits per heavy atom. The number of hydrogen-bond donors (Lipinski definition) is 1. The zero-order valence-electron chi connectivity index (χ0n) is 8.68. The molecular weight excluding hydrogens is 164 g/mol. The topological polar surface area (TPSA) is 37.3 Å². The molecule has 0 aliphatic rings. The predicted molar refractivity (Wildman–Crippen MR) is 54.7 cm³/mol. The first-order valence-electron chi connectivity index (χ1n) is 5.02. The molecule has 0 bridgehead atoms. The van der Waals surface area contributed by atoms with Gasteiger partial charge in [-0.3, -0.25) is 0 Å². The van der Waals surface area contributed by atoms with Crippen molar-refractivity contribution < 1.29 is 9.90 Å². The van der Waals surface area contributed by atoms with Gasteiger partial charge in [0.25, 0.3) is 0 Å². The van der Waals surface area contributed by atoms with Crippen LogP contribution in [0.3, 0.4) is 0 Å². The molecule has 0 unspecified atom stereocenters. The lowest BCUT2D eigenvalue weighted by Gasteiger charge is -2.13. The summed E-state index contributed by atoms with van der Waals surface area (Å²) in [6, 6.07) is 0. The van der Waals surface area contributed by atoms with Gasteiger partial charge < -0.3 is 5.11 Å². The molecule has 13 heavy (non-hydrogen) atoms. The fraction of sp³-hybridized carbons (Fsp3) is 0.727. The first kappa shape index (κ1) is 12.2. The fourth-order valence-electron chi connectivity index (χ4n) is 1.38. The van der Waals surface area contributed by atoms with Crippen LogP contribution in [0.15, 0.2) is 12.2 Å². The highest BCUT2D eigenvalue weighted by Gasteiger charge is 2.11. The van der Waals surface area contributed by atoms with Crippen molar-refractivity contribution in [2.24, 2.45) is 5.92 Å². The molecule has 0 fully saturated rings. The number of unbranched alkanes of at least 4 members (excludes halogenated alkanes) is 1. The maximum atomic E-state index is 10.5. The number of carboxylic acids is 1. The van der Waals surface area contributed by atoms with Crippen LogP contribution in [0.5, 0.6) is 0 Å². The van der Waals surface area contributed by atoms with E-state index in [1.165, 1.54) is 12.8 Å². The van der Waals surface area contributed by atoms with Crippen molar-refractivity contribution in [3.63, 3.8) is 0 Å². The third-order valence-electron chi connectivity index (χ3n) is 2.38. The summed E-state index contributed by atoms with van der Waals surface area (Å²) in [5, 5.41) is 8.65. The van der Waals surface area contributed by atoms with E-state index in [0.29, 0.717) is 17.9 Å². The van der Waals surface area contributed by atoms with Crippen molar-refractivity contribution in [1.29, 1.82) is 0 Å².